The number of carbonyl (C=O) groups excluding carboxylic acids is 3. The van der Waals surface area contributed by atoms with Crippen molar-refractivity contribution >= 4 is 47.0 Å². The van der Waals surface area contributed by atoms with Crippen molar-refractivity contribution < 1.29 is 29.0 Å². The van der Waals surface area contributed by atoms with Crippen molar-refractivity contribution in [3.05, 3.63) is 35.9 Å². The number of amides is 2. The average molecular weight is 520 g/mol. The summed E-state index contributed by atoms with van der Waals surface area (Å²) in [7, 11) is 0. The number of ketones is 1. The standard InChI is InChI=1S/C20H31N3O5.C3H4Cl2O/c1-20(2,3)28-19(27)23-16(13-14-9-5-4-6-10-14)17(24)22-15(18(25)26)11-7-8-12-21;4-1-3(6)2-5/h4-6,9-10,15-16H,7-8,11-13,21H2,1-3H3,(H,22,24)(H,23,27)(H,25,26);1-2H2/t15-,16-;/m0./s1. The van der Waals surface area contributed by atoms with Gasteiger partial charge in [0, 0.05) is 6.42 Å². The van der Waals surface area contributed by atoms with Crippen molar-refractivity contribution in [2.45, 2.75) is 64.1 Å². The van der Waals surface area contributed by atoms with Gasteiger partial charge in [-0.2, -0.15) is 0 Å². The Morgan fingerprint density at radius 3 is 2.03 bits per heavy atom. The molecular weight excluding hydrogens is 485 g/mol. The predicted molar refractivity (Wildman–Crippen MR) is 132 cm³/mol. The Morgan fingerprint density at radius 1 is 1.00 bits per heavy atom. The molecule has 1 aromatic rings. The average Bonchev–Trinajstić information content (AvgIpc) is 2.77. The Bertz CT molecular complexity index is 766. The van der Waals surface area contributed by atoms with E-state index >= 15 is 0 Å². The zero-order chi connectivity index (χ0) is 26.1. The Morgan fingerprint density at radius 2 is 1.59 bits per heavy atom. The highest BCUT2D eigenvalue weighted by atomic mass is 35.5. The van der Waals surface area contributed by atoms with E-state index in [1.807, 2.05) is 30.3 Å². The topological polar surface area (TPSA) is 148 Å². The molecular formula is C23H35Cl2N3O6. The minimum Gasteiger partial charge on any atom is -0.480 e. The molecule has 5 N–H and O–H groups in total. The van der Waals surface area contributed by atoms with E-state index in [4.69, 9.17) is 33.7 Å². The molecule has 0 spiro atoms. The number of alkyl halides is 2. The molecule has 2 amide bonds. The van der Waals surface area contributed by atoms with Crippen molar-refractivity contribution in [3.63, 3.8) is 0 Å². The minimum atomic E-state index is -1.12. The van der Waals surface area contributed by atoms with Gasteiger partial charge in [-0.1, -0.05) is 30.3 Å². The summed E-state index contributed by atoms with van der Waals surface area (Å²) in [6.45, 7) is 5.61. The summed E-state index contributed by atoms with van der Waals surface area (Å²) in [4.78, 5) is 46.3. The molecule has 0 aliphatic rings. The van der Waals surface area contributed by atoms with Crippen LogP contribution in [0.25, 0.3) is 0 Å². The third-order valence-corrected chi connectivity index (χ3v) is 4.75. The van der Waals surface area contributed by atoms with Crippen LogP contribution in [0.3, 0.4) is 0 Å². The van der Waals surface area contributed by atoms with Gasteiger partial charge < -0.3 is 26.2 Å². The van der Waals surface area contributed by atoms with E-state index in [2.05, 4.69) is 10.6 Å². The highest BCUT2D eigenvalue weighted by molar-refractivity contribution is 6.35. The lowest BCUT2D eigenvalue weighted by Crippen LogP contribution is -2.53. The number of benzene rings is 1. The molecule has 0 aromatic heterocycles. The smallest absolute Gasteiger partial charge is 0.408 e. The van der Waals surface area contributed by atoms with E-state index in [-0.39, 0.29) is 30.4 Å². The van der Waals surface area contributed by atoms with E-state index in [1.165, 1.54) is 0 Å². The van der Waals surface area contributed by atoms with Crippen LogP contribution in [-0.4, -0.2) is 64.8 Å². The summed E-state index contributed by atoms with van der Waals surface area (Å²) in [6, 6.07) is 7.14. The minimum absolute atomic E-state index is 0.0312. The third kappa shape index (κ3) is 15.5. The van der Waals surface area contributed by atoms with Gasteiger partial charge in [0.15, 0.2) is 5.78 Å². The molecule has 0 saturated heterocycles. The first-order chi connectivity index (χ1) is 15.9. The first-order valence-electron chi connectivity index (χ1n) is 10.8. The van der Waals surface area contributed by atoms with Gasteiger partial charge in [0.05, 0.1) is 11.8 Å². The summed E-state index contributed by atoms with van der Waals surface area (Å²) in [5, 5.41) is 14.4. The lowest BCUT2D eigenvalue weighted by atomic mass is 10.0. The van der Waals surface area contributed by atoms with Gasteiger partial charge in [0.1, 0.15) is 17.7 Å². The van der Waals surface area contributed by atoms with E-state index in [0.717, 1.165) is 5.56 Å². The summed E-state index contributed by atoms with van der Waals surface area (Å²) in [5.74, 6) is -1.76. The van der Waals surface area contributed by atoms with Crippen LogP contribution in [0, 0.1) is 0 Å². The molecule has 0 aliphatic heterocycles. The van der Waals surface area contributed by atoms with Crippen LogP contribution in [0.15, 0.2) is 30.3 Å². The number of alkyl carbamates (subject to hydrolysis) is 1. The molecule has 0 aliphatic carbocycles. The predicted octanol–water partition coefficient (Wildman–Crippen LogP) is 2.85. The molecule has 1 rings (SSSR count). The first kappa shape index (κ1) is 31.6. The molecule has 192 valence electrons. The molecule has 11 heteroatoms. The fraction of sp³-hybridized carbons (Fsp3) is 0.565. The number of aliphatic carboxylic acids is 1. The van der Waals surface area contributed by atoms with Gasteiger partial charge in [0.2, 0.25) is 5.91 Å². The normalized spacial score (nSPS) is 12.4. The van der Waals surface area contributed by atoms with Gasteiger partial charge in [-0.15, -0.1) is 23.2 Å². The van der Waals surface area contributed by atoms with E-state index in [0.29, 0.717) is 19.4 Å². The molecule has 0 unspecified atom stereocenters. The second kappa shape index (κ2) is 17.1. The Kier molecular flexibility index (Phi) is 15.9. The van der Waals surface area contributed by atoms with Gasteiger partial charge in [-0.05, 0) is 52.1 Å². The SMILES string of the molecule is CC(C)(C)OC(=O)N[C@@H](Cc1ccccc1)C(=O)N[C@@H](CCCCN)C(=O)O.O=C(CCl)CCl. The van der Waals surface area contributed by atoms with Crippen LogP contribution in [0.5, 0.6) is 0 Å². The monoisotopic (exact) mass is 519 g/mol. The number of ether oxygens (including phenoxy) is 1. The largest absolute Gasteiger partial charge is 0.480 e. The molecule has 1 aromatic carbocycles. The van der Waals surface area contributed by atoms with Crippen molar-refractivity contribution in [2.75, 3.05) is 18.3 Å². The molecule has 34 heavy (non-hydrogen) atoms. The van der Waals surface area contributed by atoms with Crippen molar-refractivity contribution in [1.29, 1.82) is 0 Å². The number of hydrogen-bond acceptors (Lipinski definition) is 6. The first-order valence-corrected chi connectivity index (χ1v) is 11.9. The third-order valence-electron chi connectivity index (χ3n) is 4.15. The highest BCUT2D eigenvalue weighted by Gasteiger charge is 2.28. The fourth-order valence-corrected chi connectivity index (χ4v) is 2.85. The van der Waals surface area contributed by atoms with E-state index in [1.54, 1.807) is 20.8 Å². The highest BCUT2D eigenvalue weighted by Crippen LogP contribution is 2.09. The van der Waals surface area contributed by atoms with Crippen LogP contribution in [0.4, 0.5) is 4.79 Å². The number of carboxylic acid groups (broad SMARTS) is 1. The Labute approximate surface area is 210 Å². The van der Waals surface area contributed by atoms with Crippen molar-refractivity contribution in [3.8, 4) is 0 Å². The van der Waals surface area contributed by atoms with Gasteiger partial charge in [-0.3, -0.25) is 9.59 Å². The van der Waals surface area contributed by atoms with E-state index < -0.39 is 35.7 Å². The van der Waals surface area contributed by atoms with Crippen molar-refractivity contribution in [2.24, 2.45) is 5.73 Å². The maximum atomic E-state index is 12.7. The van der Waals surface area contributed by atoms with Gasteiger partial charge in [-0.25, -0.2) is 9.59 Å². The zero-order valence-corrected chi connectivity index (χ0v) is 21.3. The summed E-state index contributed by atoms with van der Waals surface area (Å²) >= 11 is 10.0. The second-order valence-electron chi connectivity index (χ2n) is 8.38. The van der Waals surface area contributed by atoms with Crippen LogP contribution in [-0.2, 0) is 25.5 Å². The molecule has 0 heterocycles. The number of Topliss-reactive ketones (excluding diaryl/α,β-unsaturated/α-hetero) is 1. The number of rotatable bonds is 12. The van der Waals surface area contributed by atoms with Crippen LogP contribution in [0.1, 0.15) is 45.6 Å². The number of hydrogen-bond donors (Lipinski definition) is 4. The molecule has 0 bridgehead atoms. The maximum Gasteiger partial charge on any atom is 0.408 e. The van der Waals surface area contributed by atoms with Crippen LogP contribution >= 0.6 is 23.2 Å². The molecule has 0 saturated carbocycles. The summed E-state index contributed by atoms with van der Waals surface area (Å²) < 4.78 is 5.23. The number of halogens is 2. The zero-order valence-electron chi connectivity index (χ0n) is 19.8. The summed E-state index contributed by atoms with van der Waals surface area (Å²) in [6.07, 6.45) is 0.988. The molecule has 2 atom stereocenters. The van der Waals surface area contributed by atoms with Crippen molar-refractivity contribution in [1.82, 2.24) is 10.6 Å². The van der Waals surface area contributed by atoms with Gasteiger partial charge >= 0.3 is 12.1 Å². The Hall–Kier alpha value is -2.36. The quantitative estimate of drug-likeness (QED) is 0.245. The van der Waals surface area contributed by atoms with Crippen LogP contribution < -0.4 is 16.4 Å². The summed E-state index contributed by atoms with van der Waals surface area (Å²) in [5.41, 5.74) is 5.54. The lowest BCUT2D eigenvalue weighted by molar-refractivity contribution is -0.142. The van der Waals surface area contributed by atoms with Gasteiger partial charge in [0.25, 0.3) is 0 Å². The number of carboxylic acids is 1. The second-order valence-corrected chi connectivity index (χ2v) is 8.91. The fourth-order valence-electron chi connectivity index (χ4n) is 2.57. The number of carbonyl (C=O) groups is 4. The number of unbranched alkanes of at least 4 members (excludes halogenated alkanes) is 1. The molecule has 0 fully saturated rings. The maximum absolute atomic E-state index is 12.7. The molecule has 0 radical (unpaired) electrons. The van der Waals surface area contributed by atoms with Crippen LogP contribution in [0.2, 0.25) is 0 Å². The number of nitrogens with two attached hydrogens (primary N) is 1. The Balaban J connectivity index is 0.00000160. The number of nitrogens with one attached hydrogen (secondary N) is 2. The molecule has 9 nitrogen and oxygen atoms in total. The van der Waals surface area contributed by atoms with E-state index in [9.17, 15) is 24.3 Å². The lowest BCUT2D eigenvalue weighted by Gasteiger charge is -2.24.